The molecule has 0 aliphatic rings. The van der Waals surface area contributed by atoms with Crippen molar-refractivity contribution in [3.05, 3.63) is 51.7 Å². The van der Waals surface area contributed by atoms with Gasteiger partial charge in [0.2, 0.25) is 0 Å². The van der Waals surface area contributed by atoms with Crippen LogP contribution in [0.1, 0.15) is 0 Å². The summed E-state index contributed by atoms with van der Waals surface area (Å²) in [7, 11) is 0. The van der Waals surface area contributed by atoms with E-state index >= 15 is 0 Å². The maximum Gasteiger partial charge on any atom is 0.139 e. The maximum absolute atomic E-state index is 13.6. The molecule has 0 aliphatic heterocycles. The molecule has 0 fully saturated rings. The van der Waals surface area contributed by atoms with Gasteiger partial charge in [-0.3, -0.25) is 0 Å². The van der Waals surface area contributed by atoms with Crippen LogP contribution in [0.4, 0.5) is 4.39 Å². The Kier molecular flexibility index (Phi) is 3.17. The second kappa shape index (κ2) is 4.44. The van der Waals surface area contributed by atoms with Crippen LogP contribution in [0.5, 0.6) is 5.75 Å². The fourth-order valence-electron chi connectivity index (χ4n) is 1.46. The summed E-state index contributed by atoms with van der Waals surface area (Å²) in [5, 5.41) is 10.2. The van der Waals surface area contributed by atoms with Crippen molar-refractivity contribution in [2.75, 3.05) is 0 Å². The van der Waals surface area contributed by atoms with Gasteiger partial charge in [-0.15, -0.1) is 0 Å². The Hall–Kier alpha value is -1.06. The van der Waals surface area contributed by atoms with Crippen molar-refractivity contribution in [2.45, 2.75) is 0 Å². The molecule has 0 aromatic heterocycles. The second-order valence-corrected chi connectivity index (χ2v) is 4.49. The van der Waals surface area contributed by atoms with Crippen LogP contribution in [0.2, 0.25) is 5.02 Å². The first-order valence-corrected chi connectivity index (χ1v) is 5.70. The summed E-state index contributed by atoms with van der Waals surface area (Å²) >= 11 is 9.13. The van der Waals surface area contributed by atoms with Gasteiger partial charge in [0.25, 0.3) is 0 Å². The molecule has 2 rings (SSSR count). The number of hydrogen-bond acceptors (Lipinski definition) is 1. The van der Waals surface area contributed by atoms with Gasteiger partial charge in [-0.25, -0.2) is 4.39 Å². The van der Waals surface area contributed by atoms with E-state index in [0.717, 1.165) is 0 Å². The summed E-state index contributed by atoms with van der Waals surface area (Å²) in [6, 6.07) is 9.39. The van der Waals surface area contributed by atoms with Crippen molar-refractivity contribution in [3.63, 3.8) is 0 Å². The number of phenolic OH excluding ortho intramolecular Hbond substituents is 1. The smallest absolute Gasteiger partial charge is 0.139 e. The van der Waals surface area contributed by atoms with Crippen LogP contribution in [-0.4, -0.2) is 5.11 Å². The third-order valence-corrected chi connectivity index (χ3v) is 3.18. The van der Waals surface area contributed by atoms with Crippen molar-refractivity contribution in [1.29, 1.82) is 0 Å². The largest absolute Gasteiger partial charge is 0.506 e. The first kappa shape index (κ1) is 11.4. The SMILES string of the molecule is Oc1c(Br)ccc(Cl)c1-c1ccccc1F. The molecule has 4 heteroatoms. The van der Waals surface area contributed by atoms with E-state index in [1.54, 1.807) is 30.3 Å². The molecule has 2 aromatic rings. The molecule has 0 atom stereocenters. The minimum Gasteiger partial charge on any atom is -0.506 e. The molecule has 0 bridgehead atoms. The predicted octanol–water partition coefficient (Wildman–Crippen LogP) is 4.61. The average molecular weight is 302 g/mol. The van der Waals surface area contributed by atoms with Crippen LogP contribution < -0.4 is 0 Å². The number of benzene rings is 2. The van der Waals surface area contributed by atoms with Crippen molar-refractivity contribution in [3.8, 4) is 16.9 Å². The van der Waals surface area contributed by atoms with Crippen LogP contribution >= 0.6 is 27.5 Å². The van der Waals surface area contributed by atoms with Gasteiger partial charge < -0.3 is 5.11 Å². The molecule has 1 N–H and O–H groups in total. The maximum atomic E-state index is 13.6. The summed E-state index contributed by atoms with van der Waals surface area (Å²) in [5.41, 5.74) is 0.584. The minimum atomic E-state index is -0.419. The first-order chi connectivity index (χ1) is 7.61. The van der Waals surface area contributed by atoms with Gasteiger partial charge in [-0.05, 0) is 34.1 Å². The summed E-state index contributed by atoms with van der Waals surface area (Å²) in [5.74, 6) is -0.476. The molecular weight excluding hydrogens is 294 g/mol. The fourth-order valence-corrected chi connectivity index (χ4v) is 2.05. The molecule has 16 heavy (non-hydrogen) atoms. The lowest BCUT2D eigenvalue weighted by atomic mass is 10.0. The molecular formula is C12H7BrClFO. The highest BCUT2D eigenvalue weighted by Crippen LogP contribution is 2.41. The first-order valence-electron chi connectivity index (χ1n) is 4.53. The van der Waals surface area contributed by atoms with Crippen molar-refractivity contribution in [1.82, 2.24) is 0 Å². The van der Waals surface area contributed by atoms with Crippen LogP contribution in [0.25, 0.3) is 11.1 Å². The molecule has 0 aliphatic carbocycles. The Labute approximate surface area is 106 Å². The number of hydrogen-bond donors (Lipinski definition) is 1. The van der Waals surface area contributed by atoms with Gasteiger partial charge in [0.05, 0.1) is 9.50 Å². The van der Waals surface area contributed by atoms with E-state index in [-0.39, 0.29) is 11.3 Å². The number of halogens is 3. The van der Waals surface area contributed by atoms with Crippen molar-refractivity contribution in [2.24, 2.45) is 0 Å². The lowest BCUT2D eigenvalue weighted by Crippen LogP contribution is -1.86. The lowest BCUT2D eigenvalue weighted by Gasteiger charge is -2.09. The van der Waals surface area contributed by atoms with E-state index in [0.29, 0.717) is 15.1 Å². The Morgan fingerprint density at radius 2 is 1.81 bits per heavy atom. The zero-order valence-electron chi connectivity index (χ0n) is 8.05. The molecule has 0 unspecified atom stereocenters. The lowest BCUT2D eigenvalue weighted by molar-refractivity contribution is 0.473. The molecule has 0 amide bonds. The Balaban J connectivity index is 2.74. The van der Waals surface area contributed by atoms with Gasteiger partial charge in [0.15, 0.2) is 0 Å². The van der Waals surface area contributed by atoms with Crippen LogP contribution in [-0.2, 0) is 0 Å². The van der Waals surface area contributed by atoms with E-state index in [2.05, 4.69) is 15.9 Å². The summed E-state index contributed by atoms with van der Waals surface area (Å²) in [6.07, 6.45) is 0. The van der Waals surface area contributed by atoms with Gasteiger partial charge in [0.1, 0.15) is 11.6 Å². The summed E-state index contributed by atoms with van der Waals surface area (Å²) < 4.78 is 14.1. The normalized spacial score (nSPS) is 10.4. The third kappa shape index (κ3) is 1.93. The van der Waals surface area contributed by atoms with Crippen LogP contribution in [0.3, 0.4) is 0 Å². The van der Waals surface area contributed by atoms with Gasteiger partial charge in [0, 0.05) is 11.1 Å². The number of phenols is 1. The third-order valence-electron chi connectivity index (χ3n) is 2.22. The molecule has 0 saturated heterocycles. The molecule has 82 valence electrons. The standard InChI is InChI=1S/C12H7BrClFO/c13-8-5-6-9(14)11(12(8)16)7-3-1-2-4-10(7)15/h1-6,16H. The molecule has 0 heterocycles. The molecule has 2 aromatic carbocycles. The number of rotatable bonds is 1. The van der Waals surface area contributed by atoms with Gasteiger partial charge in [-0.1, -0.05) is 29.8 Å². The Morgan fingerprint density at radius 1 is 1.12 bits per heavy atom. The zero-order chi connectivity index (χ0) is 11.7. The summed E-state index contributed by atoms with van der Waals surface area (Å²) in [6.45, 7) is 0. The van der Waals surface area contributed by atoms with E-state index in [1.165, 1.54) is 6.07 Å². The molecule has 0 spiro atoms. The molecule has 0 radical (unpaired) electrons. The van der Waals surface area contributed by atoms with Crippen molar-refractivity contribution >= 4 is 27.5 Å². The molecule has 0 saturated carbocycles. The predicted molar refractivity (Wildman–Crippen MR) is 66.2 cm³/mol. The van der Waals surface area contributed by atoms with E-state index in [4.69, 9.17) is 11.6 Å². The quantitative estimate of drug-likeness (QED) is 0.815. The summed E-state index contributed by atoms with van der Waals surface area (Å²) in [4.78, 5) is 0. The topological polar surface area (TPSA) is 20.2 Å². The van der Waals surface area contributed by atoms with Crippen molar-refractivity contribution < 1.29 is 9.50 Å². The fraction of sp³-hybridized carbons (Fsp3) is 0. The highest BCUT2D eigenvalue weighted by molar-refractivity contribution is 9.10. The van der Waals surface area contributed by atoms with E-state index in [9.17, 15) is 9.50 Å². The monoisotopic (exact) mass is 300 g/mol. The Morgan fingerprint density at radius 3 is 2.50 bits per heavy atom. The second-order valence-electron chi connectivity index (χ2n) is 3.23. The van der Waals surface area contributed by atoms with E-state index < -0.39 is 5.82 Å². The highest BCUT2D eigenvalue weighted by Gasteiger charge is 2.15. The van der Waals surface area contributed by atoms with Crippen LogP contribution in [0.15, 0.2) is 40.9 Å². The zero-order valence-corrected chi connectivity index (χ0v) is 10.4. The Bertz CT molecular complexity index is 543. The van der Waals surface area contributed by atoms with Crippen LogP contribution in [0, 0.1) is 5.82 Å². The van der Waals surface area contributed by atoms with E-state index in [1.807, 2.05) is 0 Å². The number of aromatic hydroxyl groups is 1. The molecule has 1 nitrogen and oxygen atoms in total. The minimum absolute atomic E-state index is 0.0578. The van der Waals surface area contributed by atoms with Gasteiger partial charge >= 0.3 is 0 Å². The van der Waals surface area contributed by atoms with Gasteiger partial charge in [-0.2, -0.15) is 0 Å². The average Bonchev–Trinajstić information content (AvgIpc) is 2.27. The highest BCUT2D eigenvalue weighted by atomic mass is 79.9.